The maximum atomic E-state index is 14.1. The molecule has 8 heteroatoms. The molecule has 3 unspecified atom stereocenters. The molecule has 3 fully saturated rings. The van der Waals surface area contributed by atoms with Gasteiger partial charge in [-0.2, -0.15) is 0 Å². The van der Waals surface area contributed by atoms with Gasteiger partial charge in [-0.15, -0.1) is 0 Å². The van der Waals surface area contributed by atoms with Gasteiger partial charge in [0.15, 0.2) is 0 Å². The van der Waals surface area contributed by atoms with E-state index in [1.807, 2.05) is 44.2 Å². The Morgan fingerprint density at radius 1 is 1.20 bits per heavy atom. The molecule has 4 rings (SSSR count). The van der Waals surface area contributed by atoms with Gasteiger partial charge in [0.2, 0.25) is 17.7 Å². The number of nitrogens with one attached hydrogen (secondary N) is 2. The van der Waals surface area contributed by atoms with Crippen LogP contribution in [0.5, 0.6) is 0 Å². The van der Waals surface area contributed by atoms with Crippen molar-refractivity contribution < 1.29 is 24.2 Å². The molecule has 0 aromatic heterocycles. The number of carbonyl (C=O) groups excluding carboxylic acids is 3. The Kier molecular flexibility index (Phi) is 7.81. The Morgan fingerprint density at radius 2 is 1.94 bits per heavy atom. The number of hydrogen-bond donors (Lipinski definition) is 3. The van der Waals surface area contributed by atoms with E-state index in [-0.39, 0.29) is 36.5 Å². The van der Waals surface area contributed by atoms with Crippen LogP contribution >= 0.6 is 0 Å². The minimum Gasteiger partial charge on any atom is -0.394 e. The standard InChI is InChI=1S/C27H39N3O5/c1-4-9-17(3)29-25(33)23-27-13-12-20(35-27)21(24(32)28-14-5-2)22(27)26(34)30(23)19(16-31)15-18-10-7-6-8-11-18/h6-8,10-11,17,19-23,31H,4-5,9,12-16H2,1-3H3,(H,28,32)(H,29,33)/t17?,19-,20-,21+,22+,23?,27?/m1/s1. The molecule has 1 aromatic rings. The minimum absolute atomic E-state index is 0.0520. The Balaban J connectivity index is 1.70. The molecule has 1 aromatic carbocycles. The van der Waals surface area contributed by atoms with Crippen molar-refractivity contribution in [2.45, 2.75) is 89.1 Å². The first-order chi connectivity index (χ1) is 16.9. The van der Waals surface area contributed by atoms with E-state index in [1.54, 1.807) is 4.90 Å². The van der Waals surface area contributed by atoms with Crippen molar-refractivity contribution in [3.05, 3.63) is 35.9 Å². The molecule has 1 spiro atoms. The van der Waals surface area contributed by atoms with Crippen LogP contribution in [0.1, 0.15) is 58.4 Å². The second-order valence-electron chi connectivity index (χ2n) is 10.3. The number of ether oxygens (including phenoxy) is 1. The van der Waals surface area contributed by atoms with E-state index in [9.17, 15) is 19.5 Å². The Labute approximate surface area is 207 Å². The zero-order valence-electron chi connectivity index (χ0n) is 21.0. The van der Waals surface area contributed by atoms with Crippen molar-refractivity contribution >= 4 is 17.7 Å². The van der Waals surface area contributed by atoms with Crippen LogP contribution < -0.4 is 10.6 Å². The first-order valence-electron chi connectivity index (χ1n) is 13.1. The van der Waals surface area contributed by atoms with E-state index in [2.05, 4.69) is 17.6 Å². The number of carbonyl (C=O) groups is 3. The summed E-state index contributed by atoms with van der Waals surface area (Å²) in [6, 6.07) is 8.12. The van der Waals surface area contributed by atoms with E-state index in [0.717, 1.165) is 24.8 Å². The molecule has 3 N–H and O–H groups in total. The summed E-state index contributed by atoms with van der Waals surface area (Å²) < 4.78 is 6.45. The second kappa shape index (κ2) is 10.7. The van der Waals surface area contributed by atoms with Crippen molar-refractivity contribution in [2.24, 2.45) is 11.8 Å². The van der Waals surface area contributed by atoms with Crippen LogP contribution in [-0.4, -0.2) is 70.7 Å². The minimum atomic E-state index is -1.05. The van der Waals surface area contributed by atoms with Gasteiger partial charge in [0, 0.05) is 12.6 Å². The highest BCUT2D eigenvalue weighted by Gasteiger charge is 2.75. The molecule has 3 amide bonds. The van der Waals surface area contributed by atoms with E-state index < -0.39 is 29.5 Å². The third-order valence-corrected chi connectivity index (χ3v) is 7.87. The van der Waals surface area contributed by atoms with Crippen molar-refractivity contribution in [3.8, 4) is 0 Å². The molecule has 3 saturated heterocycles. The number of aliphatic hydroxyl groups is 1. The van der Waals surface area contributed by atoms with Crippen molar-refractivity contribution in [3.63, 3.8) is 0 Å². The third kappa shape index (κ3) is 4.58. The van der Waals surface area contributed by atoms with Crippen LogP contribution in [0.15, 0.2) is 30.3 Å². The zero-order valence-corrected chi connectivity index (χ0v) is 21.0. The largest absolute Gasteiger partial charge is 0.394 e. The summed E-state index contributed by atoms with van der Waals surface area (Å²) in [5, 5.41) is 16.4. The van der Waals surface area contributed by atoms with Crippen LogP contribution in [0.2, 0.25) is 0 Å². The highest BCUT2D eigenvalue weighted by Crippen LogP contribution is 2.58. The van der Waals surface area contributed by atoms with Gasteiger partial charge in [-0.25, -0.2) is 0 Å². The fourth-order valence-electron chi connectivity index (χ4n) is 6.41. The Hall–Kier alpha value is -2.45. The van der Waals surface area contributed by atoms with Gasteiger partial charge in [-0.3, -0.25) is 14.4 Å². The maximum Gasteiger partial charge on any atom is 0.246 e. The van der Waals surface area contributed by atoms with Gasteiger partial charge >= 0.3 is 0 Å². The summed E-state index contributed by atoms with van der Waals surface area (Å²) in [6.45, 7) is 6.25. The smallest absolute Gasteiger partial charge is 0.246 e. The maximum absolute atomic E-state index is 14.1. The first kappa shape index (κ1) is 25.6. The zero-order chi connectivity index (χ0) is 25.2. The molecule has 35 heavy (non-hydrogen) atoms. The molecule has 3 aliphatic rings. The fourth-order valence-corrected chi connectivity index (χ4v) is 6.41. The number of likely N-dealkylation sites (tertiary alicyclic amines) is 1. The van der Waals surface area contributed by atoms with E-state index in [4.69, 9.17) is 4.74 Å². The number of nitrogens with zero attached hydrogens (tertiary/aromatic N) is 1. The molecule has 0 radical (unpaired) electrons. The predicted molar refractivity (Wildman–Crippen MR) is 131 cm³/mol. The molecule has 192 valence electrons. The van der Waals surface area contributed by atoms with E-state index in [0.29, 0.717) is 25.8 Å². The monoisotopic (exact) mass is 485 g/mol. The van der Waals surface area contributed by atoms with Crippen molar-refractivity contribution in [1.82, 2.24) is 15.5 Å². The van der Waals surface area contributed by atoms with Gasteiger partial charge < -0.3 is 25.4 Å². The number of fused-ring (bicyclic) bond motifs is 1. The Bertz CT molecular complexity index is 925. The molecular formula is C27H39N3O5. The molecule has 0 saturated carbocycles. The molecular weight excluding hydrogens is 446 g/mol. The number of rotatable bonds is 11. The first-order valence-corrected chi connectivity index (χ1v) is 13.1. The highest BCUT2D eigenvalue weighted by molar-refractivity contribution is 5.99. The average molecular weight is 486 g/mol. The Morgan fingerprint density at radius 3 is 2.60 bits per heavy atom. The summed E-state index contributed by atoms with van der Waals surface area (Å²) in [4.78, 5) is 42.5. The lowest BCUT2D eigenvalue weighted by atomic mass is 9.70. The normalized spacial score (nSPS) is 30.7. The van der Waals surface area contributed by atoms with Gasteiger partial charge in [-0.05, 0) is 44.6 Å². The molecule has 3 heterocycles. The van der Waals surface area contributed by atoms with E-state index >= 15 is 0 Å². The van der Waals surface area contributed by atoms with Crippen LogP contribution in [0.3, 0.4) is 0 Å². The van der Waals surface area contributed by atoms with Crippen LogP contribution in [-0.2, 0) is 25.5 Å². The lowest BCUT2D eigenvalue weighted by molar-refractivity contribution is -0.145. The summed E-state index contributed by atoms with van der Waals surface area (Å²) in [5.41, 5.74) is -0.0781. The van der Waals surface area contributed by atoms with Crippen LogP contribution in [0.25, 0.3) is 0 Å². The van der Waals surface area contributed by atoms with Gasteiger partial charge in [-0.1, -0.05) is 50.6 Å². The van der Waals surface area contributed by atoms with E-state index in [1.165, 1.54) is 0 Å². The van der Waals surface area contributed by atoms with Crippen molar-refractivity contribution in [1.29, 1.82) is 0 Å². The molecule has 8 nitrogen and oxygen atoms in total. The number of benzene rings is 1. The third-order valence-electron chi connectivity index (χ3n) is 7.87. The lowest BCUT2D eigenvalue weighted by Gasteiger charge is -2.37. The summed E-state index contributed by atoms with van der Waals surface area (Å²) in [7, 11) is 0. The number of hydrogen-bond acceptors (Lipinski definition) is 5. The molecule has 7 atom stereocenters. The topological polar surface area (TPSA) is 108 Å². The summed E-state index contributed by atoms with van der Waals surface area (Å²) >= 11 is 0. The van der Waals surface area contributed by atoms with Gasteiger partial charge in [0.05, 0.1) is 30.6 Å². The SMILES string of the molecule is CCCNC(=O)[C@@H]1[C@H]2C(=O)N([C@@H](CO)Cc3ccccc3)C(C(=O)NC(C)CCC)C23CC[C@H]1O3. The number of aliphatic hydroxyl groups excluding tert-OH is 1. The highest BCUT2D eigenvalue weighted by atomic mass is 16.5. The molecule has 2 bridgehead atoms. The molecule has 0 aliphatic carbocycles. The fraction of sp³-hybridized carbons (Fsp3) is 0.667. The van der Waals surface area contributed by atoms with Crippen LogP contribution in [0.4, 0.5) is 0 Å². The number of amides is 3. The summed E-state index contributed by atoms with van der Waals surface area (Å²) in [6.07, 6.45) is 3.77. The van der Waals surface area contributed by atoms with Crippen LogP contribution in [0, 0.1) is 11.8 Å². The van der Waals surface area contributed by atoms with Crippen molar-refractivity contribution in [2.75, 3.05) is 13.2 Å². The predicted octanol–water partition coefficient (Wildman–Crippen LogP) is 1.80. The lowest BCUT2D eigenvalue weighted by Crippen LogP contribution is -2.59. The molecule has 3 aliphatic heterocycles. The average Bonchev–Trinajstić information content (AvgIpc) is 3.49. The summed E-state index contributed by atoms with van der Waals surface area (Å²) in [5.74, 6) is -2.04. The second-order valence-corrected chi connectivity index (χ2v) is 10.3. The van der Waals surface area contributed by atoms with Gasteiger partial charge in [0.1, 0.15) is 11.6 Å². The van der Waals surface area contributed by atoms with Gasteiger partial charge in [0.25, 0.3) is 0 Å². The quantitative estimate of drug-likeness (QED) is 0.443.